The quantitative estimate of drug-likeness (QED) is 0.735. The van der Waals surface area contributed by atoms with E-state index in [1.807, 2.05) is 30.3 Å². The number of carbonyl (C=O) groups excluding carboxylic acids is 2. The highest BCUT2D eigenvalue weighted by Crippen LogP contribution is 2.28. The summed E-state index contributed by atoms with van der Waals surface area (Å²) in [4.78, 5) is 30.9. The molecule has 3 heterocycles. The monoisotopic (exact) mass is 426 g/mol. The molecule has 2 saturated heterocycles. The highest BCUT2D eigenvalue weighted by atomic mass is 32.1. The van der Waals surface area contributed by atoms with E-state index in [2.05, 4.69) is 33.0 Å². The van der Waals surface area contributed by atoms with Crippen molar-refractivity contribution in [1.29, 1.82) is 0 Å². The van der Waals surface area contributed by atoms with Crippen LogP contribution in [0.3, 0.4) is 0 Å². The molecular weight excluding hydrogens is 396 g/mol. The van der Waals surface area contributed by atoms with E-state index in [0.717, 1.165) is 18.8 Å². The van der Waals surface area contributed by atoms with Gasteiger partial charge in [0, 0.05) is 36.1 Å². The Hall–Kier alpha value is -2.38. The van der Waals surface area contributed by atoms with Gasteiger partial charge in [-0.25, -0.2) is 4.79 Å². The number of rotatable bonds is 6. The summed E-state index contributed by atoms with van der Waals surface area (Å²) < 4.78 is 0. The molecule has 0 aliphatic carbocycles. The third-order valence-corrected chi connectivity index (χ3v) is 7.07. The number of amides is 3. The van der Waals surface area contributed by atoms with Crippen LogP contribution in [0.25, 0.3) is 0 Å². The number of para-hydroxylation sites is 1. The molecule has 4 rings (SSSR count). The van der Waals surface area contributed by atoms with E-state index in [1.165, 1.54) is 17.7 Å². The Labute approximate surface area is 182 Å². The molecule has 1 aromatic carbocycles. The molecule has 6 nitrogen and oxygen atoms in total. The number of carbonyl (C=O) groups is 2. The lowest BCUT2D eigenvalue weighted by Gasteiger charge is -2.32. The Bertz CT molecular complexity index is 813. The van der Waals surface area contributed by atoms with Crippen LogP contribution in [0.5, 0.6) is 0 Å². The summed E-state index contributed by atoms with van der Waals surface area (Å²) >= 11 is 1.77. The van der Waals surface area contributed by atoms with E-state index in [9.17, 15) is 9.59 Å². The molecule has 7 heteroatoms. The third kappa shape index (κ3) is 5.21. The number of anilines is 1. The Morgan fingerprint density at radius 2 is 1.73 bits per heavy atom. The first kappa shape index (κ1) is 20.9. The number of hydrogen-bond acceptors (Lipinski definition) is 4. The zero-order valence-electron chi connectivity index (χ0n) is 17.3. The molecule has 2 aromatic rings. The smallest absolute Gasteiger partial charge is 0.321 e. The van der Waals surface area contributed by atoms with Gasteiger partial charge in [0.15, 0.2) is 0 Å². The second kappa shape index (κ2) is 10.1. The maximum Gasteiger partial charge on any atom is 0.321 e. The number of thiophene rings is 1. The number of urea groups is 1. The zero-order valence-corrected chi connectivity index (χ0v) is 18.1. The van der Waals surface area contributed by atoms with Crippen molar-refractivity contribution in [2.45, 2.75) is 31.7 Å². The van der Waals surface area contributed by atoms with Crippen molar-refractivity contribution < 1.29 is 9.59 Å². The average molecular weight is 427 g/mol. The summed E-state index contributed by atoms with van der Waals surface area (Å²) in [7, 11) is 0. The van der Waals surface area contributed by atoms with E-state index >= 15 is 0 Å². The van der Waals surface area contributed by atoms with Crippen molar-refractivity contribution in [2.75, 3.05) is 38.0 Å². The summed E-state index contributed by atoms with van der Waals surface area (Å²) in [5.41, 5.74) is 0.795. The minimum atomic E-state index is -0.0909. The van der Waals surface area contributed by atoms with E-state index in [1.54, 1.807) is 16.2 Å². The molecule has 1 atom stereocenters. The molecular formula is C23H30N4O2S. The van der Waals surface area contributed by atoms with Gasteiger partial charge in [-0.15, -0.1) is 11.3 Å². The van der Waals surface area contributed by atoms with Gasteiger partial charge in [0.1, 0.15) is 0 Å². The molecule has 2 aliphatic heterocycles. The first-order chi connectivity index (χ1) is 14.7. The molecule has 0 bridgehead atoms. The molecule has 0 radical (unpaired) electrons. The van der Waals surface area contributed by atoms with Gasteiger partial charge in [-0.05, 0) is 62.4 Å². The van der Waals surface area contributed by atoms with Gasteiger partial charge >= 0.3 is 6.03 Å². The Balaban J connectivity index is 1.25. The lowest BCUT2D eigenvalue weighted by Crippen LogP contribution is -2.45. The molecule has 160 valence electrons. The van der Waals surface area contributed by atoms with Crippen molar-refractivity contribution in [3.05, 3.63) is 52.7 Å². The molecule has 2 N–H and O–H groups in total. The number of piperidine rings is 1. The van der Waals surface area contributed by atoms with Crippen molar-refractivity contribution >= 4 is 29.0 Å². The highest BCUT2D eigenvalue weighted by Gasteiger charge is 2.29. The van der Waals surface area contributed by atoms with Crippen LogP contribution in [0.1, 0.15) is 36.6 Å². The van der Waals surface area contributed by atoms with E-state index < -0.39 is 0 Å². The van der Waals surface area contributed by atoms with Crippen LogP contribution in [-0.4, -0.2) is 54.5 Å². The van der Waals surface area contributed by atoms with Gasteiger partial charge in [0.05, 0.1) is 6.04 Å². The largest absolute Gasteiger partial charge is 0.354 e. The highest BCUT2D eigenvalue weighted by molar-refractivity contribution is 7.10. The summed E-state index contributed by atoms with van der Waals surface area (Å²) in [6.45, 7) is 4.09. The standard InChI is InChI=1S/C23H30N4O2S/c28-22(24-17-20(21-9-6-16-30-21)26-12-4-5-13-26)18-10-14-27(15-11-18)23(29)25-19-7-2-1-3-8-19/h1-3,6-9,16,18,20H,4-5,10-15,17H2,(H,24,28)(H,25,29). The van der Waals surface area contributed by atoms with Crippen molar-refractivity contribution in [3.8, 4) is 0 Å². The first-order valence-electron chi connectivity index (χ1n) is 10.9. The van der Waals surface area contributed by atoms with Crippen LogP contribution in [0.4, 0.5) is 10.5 Å². The van der Waals surface area contributed by atoms with E-state index in [-0.39, 0.29) is 23.9 Å². The predicted molar refractivity (Wildman–Crippen MR) is 121 cm³/mol. The maximum atomic E-state index is 12.8. The molecule has 0 spiro atoms. The van der Waals surface area contributed by atoms with E-state index in [4.69, 9.17) is 0 Å². The molecule has 2 fully saturated rings. The van der Waals surface area contributed by atoms with Crippen LogP contribution in [0, 0.1) is 5.92 Å². The van der Waals surface area contributed by atoms with Crippen molar-refractivity contribution in [3.63, 3.8) is 0 Å². The van der Waals surface area contributed by atoms with Gasteiger partial charge in [-0.1, -0.05) is 24.3 Å². The number of hydrogen-bond donors (Lipinski definition) is 2. The number of nitrogens with zero attached hydrogens (tertiary/aromatic N) is 2. The SMILES string of the molecule is O=C(NCC(c1cccs1)N1CCCC1)C1CCN(C(=O)Nc2ccccc2)CC1. The van der Waals surface area contributed by atoms with Crippen molar-refractivity contribution in [1.82, 2.24) is 15.1 Å². The second-order valence-corrected chi connectivity index (χ2v) is 9.06. The molecule has 1 aromatic heterocycles. The summed E-state index contributed by atoms with van der Waals surface area (Å²) in [5, 5.41) is 8.24. The van der Waals surface area contributed by atoms with Gasteiger partial charge < -0.3 is 15.5 Å². The molecule has 2 aliphatic rings. The second-order valence-electron chi connectivity index (χ2n) is 8.08. The van der Waals surface area contributed by atoms with Gasteiger partial charge in [0.25, 0.3) is 0 Å². The fourth-order valence-corrected chi connectivity index (χ4v) is 5.22. The maximum absolute atomic E-state index is 12.8. The zero-order chi connectivity index (χ0) is 20.8. The number of benzene rings is 1. The minimum Gasteiger partial charge on any atom is -0.354 e. The Kier molecular flexibility index (Phi) is 7.02. The first-order valence-corrected chi connectivity index (χ1v) is 11.7. The lowest BCUT2D eigenvalue weighted by atomic mass is 9.96. The summed E-state index contributed by atoms with van der Waals surface area (Å²) in [5.74, 6) is 0.104. The number of nitrogens with one attached hydrogen (secondary N) is 2. The van der Waals surface area contributed by atoms with Gasteiger partial charge in [-0.3, -0.25) is 9.69 Å². The summed E-state index contributed by atoms with van der Waals surface area (Å²) in [6.07, 6.45) is 3.89. The molecule has 0 saturated carbocycles. The van der Waals surface area contributed by atoms with Gasteiger partial charge in [0.2, 0.25) is 5.91 Å². The van der Waals surface area contributed by atoms with Crippen LogP contribution in [0.15, 0.2) is 47.8 Å². The van der Waals surface area contributed by atoms with Gasteiger partial charge in [-0.2, -0.15) is 0 Å². The average Bonchev–Trinajstić information content (AvgIpc) is 3.50. The van der Waals surface area contributed by atoms with Crippen LogP contribution >= 0.6 is 11.3 Å². The normalized spacial score (nSPS) is 18.9. The minimum absolute atomic E-state index is 0.0201. The lowest BCUT2D eigenvalue weighted by molar-refractivity contribution is -0.126. The Morgan fingerprint density at radius 1 is 1.00 bits per heavy atom. The fraction of sp³-hybridized carbons (Fsp3) is 0.478. The predicted octanol–water partition coefficient (Wildman–Crippen LogP) is 3.95. The van der Waals surface area contributed by atoms with Crippen LogP contribution in [-0.2, 0) is 4.79 Å². The topological polar surface area (TPSA) is 64.7 Å². The third-order valence-electron chi connectivity index (χ3n) is 6.10. The fourth-order valence-electron chi connectivity index (χ4n) is 4.35. The summed E-state index contributed by atoms with van der Waals surface area (Å²) in [6, 6.07) is 13.9. The van der Waals surface area contributed by atoms with Crippen molar-refractivity contribution in [2.24, 2.45) is 5.92 Å². The number of likely N-dealkylation sites (tertiary alicyclic amines) is 2. The van der Waals surface area contributed by atoms with Crippen LogP contribution in [0.2, 0.25) is 0 Å². The molecule has 30 heavy (non-hydrogen) atoms. The Morgan fingerprint density at radius 3 is 2.40 bits per heavy atom. The van der Waals surface area contributed by atoms with E-state index in [0.29, 0.717) is 32.5 Å². The molecule has 3 amide bonds. The van der Waals surface area contributed by atoms with Crippen LogP contribution < -0.4 is 10.6 Å². The molecule has 1 unspecified atom stereocenters.